The van der Waals surface area contributed by atoms with Crippen molar-refractivity contribution in [3.63, 3.8) is 0 Å². The van der Waals surface area contributed by atoms with Crippen LogP contribution in [-0.2, 0) is 14.3 Å². The Bertz CT molecular complexity index is 259. The fourth-order valence-electron chi connectivity index (χ4n) is 1.79. The van der Waals surface area contributed by atoms with Gasteiger partial charge in [-0.3, -0.25) is 9.59 Å². The lowest BCUT2D eigenvalue weighted by molar-refractivity contribution is -0.152. The zero-order valence-corrected chi connectivity index (χ0v) is 13.3. The van der Waals surface area contributed by atoms with Gasteiger partial charge in [0.1, 0.15) is 0 Å². The van der Waals surface area contributed by atoms with E-state index in [0.717, 1.165) is 25.7 Å². The monoisotopic (exact) mass is 290 g/mol. The minimum absolute atomic E-state index is 0.211. The van der Waals surface area contributed by atoms with Crippen LogP contribution in [0.2, 0.25) is 0 Å². The second-order valence-electron chi connectivity index (χ2n) is 4.83. The van der Waals surface area contributed by atoms with Gasteiger partial charge in [-0.1, -0.05) is 39.5 Å². The molecular weight excluding hydrogens is 260 g/mol. The highest BCUT2D eigenvalue weighted by Crippen LogP contribution is 2.28. The van der Waals surface area contributed by atoms with E-state index < -0.39 is 11.4 Å². The van der Waals surface area contributed by atoms with Crippen molar-refractivity contribution >= 4 is 11.9 Å². The Hall–Kier alpha value is -1.10. The molecule has 0 radical (unpaired) electrons. The predicted molar refractivity (Wildman–Crippen MR) is 78.5 cm³/mol. The Morgan fingerprint density at radius 2 is 1.70 bits per heavy atom. The third-order valence-electron chi connectivity index (χ3n) is 3.29. The van der Waals surface area contributed by atoms with Crippen LogP contribution in [0.15, 0.2) is 0 Å². The number of ether oxygens (including phenoxy) is 1. The molecule has 5 nitrogen and oxygen atoms in total. The van der Waals surface area contributed by atoms with Crippen LogP contribution in [0.1, 0.15) is 66.2 Å². The van der Waals surface area contributed by atoms with Crippen LogP contribution in [0.5, 0.6) is 0 Å². The number of aliphatic hydroxyl groups excluding tert-OH is 1. The number of carbonyl (C=O) groups is 2. The van der Waals surface area contributed by atoms with E-state index in [1.54, 1.807) is 6.92 Å². The first-order valence-corrected chi connectivity index (χ1v) is 7.37. The first kappa shape index (κ1) is 21.2. The van der Waals surface area contributed by atoms with Crippen molar-refractivity contribution in [2.45, 2.75) is 66.2 Å². The maximum Gasteiger partial charge on any atom is 0.311 e. The fourth-order valence-corrected chi connectivity index (χ4v) is 1.79. The summed E-state index contributed by atoms with van der Waals surface area (Å²) in [7, 11) is 0. The number of rotatable bonds is 9. The van der Waals surface area contributed by atoms with E-state index >= 15 is 0 Å². The molecule has 120 valence electrons. The summed E-state index contributed by atoms with van der Waals surface area (Å²) in [4.78, 5) is 20.8. The Kier molecular flexibility index (Phi) is 13.7. The average Bonchev–Trinajstić information content (AvgIpc) is 2.40. The number of unbranched alkanes of at least 4 members (excludes halogenated alkanes) is 3. The third-order valence-corrected chi connectivity index (χ3v) is 3.29. The Morgan fingerprint density at radius 1 is 1.10 bits per heavy atom. The smallest absolute Gasteiger partial charge is 0.311 e. The molecule has 0 aliphatic heterocycles. The summed E-state index contributed by atoms with van der Waals surface area (Å²) >= 11 is 0. The molecule has 0 fully saturated rings. The molecule has 0 saturated heterocycles. The summed E-state index contributed by atoms with van der Waals surface area (Å²) in [6.45, 7) is 7.35. The number of hydrogen-bond donors (Lipinski definition) is 2. The number of aliphatic hydroxyl groups is 1. The molecule has 5 heteroatoms. The molecule has 0 spiro atoms. The van der Waals surface area contributed by atoms with Crippen LogP contribution >= 0.6 is 0 Å². The summed E-state index contributed by atoms with van der Waals surface area (Å²) in [6.07, 6.45) is 5.34. The van der Waals surface area contributed by atoms with E-state index in [0.29, 0.717) is 19.4 Å². The maximum atomic E-state index is 11.0. The van der Waals surface area contributed by atoms with Crippen LogP contribution < -0.4 is 0 Å². The first-order valence-electron chi connectivity index (χ1n) is 7.37. The first-order chi connectivity index (χ1) is 9.40. The average molecular weight is 290 g/mol. The molecule has 0 aromatic carbocycles. The SMILES string of the molecule is CCCCCCC(CC)(CO)C(=O)O.CCOC(C)=O. The molecule has 0 rings (SSSR count). The van der Waals surface area contributed by atoms with Gasteiger partial charge in [0.2, 0.25) is 0 Å². The Balaban J connectivity index is 0. The Labute approximate surface area is 122 Å². The Morgan fingerprint density at radius 3 is 1.95 bits per heavy atom. The predicted octanol–water partition coefficient (Wildman–Crippen LogP) is 3.00. The molecule has 1 unspecified atom stereocenters. The highest BCUT2D eigenvalue weighted by atomic mass is 16.5. The van der Waals surface area contributed by atoms with E-state index in [-0.39, 0.29) is 12.6 Å². The van der Waals surface area contributed by atoms with Crippen molar-refractivity contribution in [1.82, 2.24) is 0 Å². The van der Waals surface area contributed by atoms with Crippen molar-refractivity contribution in [3.05, 3.63) is 0 Å². The van der Waals surface area contributed by atoms with E-state index in [9.17, 15) is 9.59 Å². The van der Waals surface area contributed by atoms with E-state index in [4.69, 9.17) is 10.2 Å². The maximum absolute atomic E-state index is 11.0. The molecule has 0 aromatic heterocycles. The van der Waals surface area contributed by atoms with Gasteiger partial charge >= 0.3 is 11.9 Å². The van der Waals surface area contributed by atoms with E-state index in [1.807, 2.05) is 6.92 Å². The van der Waals surface area contributed by atoms with Crippen LogP contribution in [0.25, 0.3) is 0 Å². The number of esters is 1. The summed E-state index contributed by atoms with van der Waals surface area (Å²) in [5.41, 5.74) is -0.895. The summed E-state index contributed by atoms with van der Waals surface area (Å²) in [5.74, 6) is -1.07. The van der Waals surface area contributed by atoms with Gasteiger partial charge in [-0.05, 0) is 19.8 Å². The third kappa shape index (κ3) is 9.78. The van der Waals surface area contributed by atoms with Crippen molar-refractivity contribution < 1.29 is 24.5 Å². The van der Waals surface area contributed by atoms with Crippen molar-refractivity contribution in [1.29, 1.82) is 0 Å². The van der Waals surface area contributed by atoms with Gasteiger partial charge in [0.15, 0.2) is 0 Å². The summed E-state index contributed by atoms with van der Waals surface area (Å²) in [5, 5.41) is 18.1. The molecule has 2 N–H and O–H groups in total. The number of carboxylic acid groups (broad SMARTS) is 1. The van der Waals surface area contributed by atoms with Gasteiger partial charge in [0, 0.05) is 6.92 Å². The van der Waals surface area contributed by atoms with Crippen LogP contribution in [0, 0.1) is 5.41 Å². The summed E-state index contributed by atoms with van der Waals surface area (Å²) < 4.78 is 4.40. The molecular formula is C15H30O5. The molecule has 0 aliphatic rings. The second kappa shape index (κ2) is 12.9. The quantitative estimate of drug-likeness (QED) is 0.504. The van der Waals surface area contributed by atoms with Gasteiger partial charge in [-0.15, -0.1) is 0 Å². The largest absolute Gasteiger partial charge is 0.481 e. The van der Waals surface area contributed by atoms with E-state index in [2.05, 4.69) is 11.7 Å². The van der Waals surface area contributed by atoms with Gasteiger partial charge in [0.05, 0.1) is 18.6 Å². The highest BCUT2D eigenvalue weighted by molar-refractivity contribution is 5.74. The second-order valence-corrected chi connectivity index (χ2v) is 4.83. The molecule has 0 heterocycles. The van der Waals surface area contributed by atoms with Gasteiger partial charge in [-0.25, -0.2) is 0 Å². The van der Waals surface area contributed by atoms with E-state index in [1.165, 1.54) is 6.92 Å². The van der Waals surface area contributed by atoms with Gasteiger partial charge in [-0.2, -0.15) is 0 Å². The molecule has 0 aromatic rings. The molecule has 0 amide bonds. The normalized spacial score (nSPS) is 12.8. The number of carboxylic acids is 1. The molecule has 1 atom stereocenters. The minimum atomic E-state index is -0.895. The van der Waals surface area contributed by atoms with Crippen LogP contribution in [-0.4, -0.2) is 35.4 Å². The van der Waals surface area contributed by atoms with Crippen LogP contribution in [0.3, 0.4) is 0 Å². The van der Waals surface area contributed by atoms with Crippen LogP contribution in [0.4, 0.5) is 0 Å². The minimum Gasteiger partial charge on any atom is -0.481 e. The molecule has 0 bridgehead atoms. The highest BCUT2D eigenvalue weighted by Gasteiger charge is 2.35. The van der Waals surface area contributed by atoms with Crippen molar-refractivity contribution in [2.75, 3.05) is 13.2 Å². The van der Waals surface area contributed by atoms with Crippen molar-refractivity contribution in [3.8, 4) is 0 Å². The lowest BCUT2D eigenvalue weighted by atomic mass is 9.81. The van der Waals surface area contributed by atoms with Gasteiger partial charge in [0.25, 0.3) is 0 Å². The lowest BCUT2D eigenvalue weighted by Gasteiger charge is -2.25. The van der Waals surface area contributed by atoms with Gasteiger partial charge < -0.3 is 14.9 Å². The lowest BCUT2D eigenvalue weighted by Crippen LogP contribution is -2.34. The van der Waals surface area contributed by atoms with Crippen molar-refractivity contribution in [2.24, 2.45) is 5.41 Å². The fraction of sp³-hybridized carbons (Fsp3) is 0.867. The molecule has 0 saturated carbocycles. The zero-order valence-electron chi connectivity index (χ0n) is 13.3. The molecule has 0 aliphatic carbocycles. The zero-order chi connectivity index (χ0) is 16.0. The number of aliphatic carboxylic acids is 1. The standard InChI is InChI=1S/C11H22O3.C4H8O2/c1-3-5-6-7-8-11(4-2,9-12)10(13)14;1-3-6-4(2)5/h12H,3-9H2,1-2H3,(H,13,14);3H2,1-2H3. The summed E-state index contributed by atoms with van der Waals surface area (Å²) in [6, 6.07) is 0. The molecule has 20 heavy (non-hydrogen) atoms. The number of carbonyl (C=O) groups excluding carboxylic acids is 1. The number of hydrogen-bond acceptors (Lipinski definition) is 4. The topological polar surface area (TPSA) is 83.8 Å².